The standard InChI is InChI=1S/C16H21F3N4O2/c1-10(2)21-3-4-22-13(9-21)15(25)23(5-6-24)12-7-11(16(17,18)19)8-20-14(12)22/h7-8,10,13,24H,3-6,9H2,1-2H3/t13-/m0/s1. The molecule has 1 amide bonds. The predicted molar refractivity (Wildman–Crippen MR) is 86.5 cm³/mol. The van der Waals surface area contributed by atoms with Gasteiger partial charge in [-0.05, 0) is 19.9 Å². The van der Waals surface area contributed by atoms with Crippen LogP contribution in [0.2, 0.25) is 0 Å². The monoisotopic (exact) mass is 358 g/mol. The van der Waals surface area contributed by atoms with E-state index in [9.17, 15) is 23.1 Å². The van der Waals surface area contributed by atoms with Gasteiger partial charge in [-0.15, -0.1) is 0 Å². The van der Waals surface area contributed by atoms with E-state index in [-0.39, 0.29) is 30.8 Å². The number of rotatable bonds is 3. The van der Waals surface area contributed by atoms with Crippen molar-refractivity contribution in [2.45, 2.75) is 32.1 Å². The van der Waals surface area contributed by atoms with E-state index in [4.69, 9.17) is 0 Å². The lowest BCUT2D eigenvalue weighted by atomic mass is 10.0. The third-order valence-electron chi connectivity index (χ3n) is 4.75. The van der Waals surface area contributed by atoms with Gasteiger partial charge in [0.05, 0.1) is 17.9 Å². The Bertz CT molecular complexity index is 665. The van der Waals surface area contributed by atoms with Crippen LogP contribution in [-0.4, -0.2) is 65.8 Å². The number of amides is 1. The number of aliphatic hydroxyl groups excluding tert-OH is 1. The van der Waals surface area contributed by atoms with Crippen molar-refractivity contribution in [1.82, 2.24) is 9.88 Å². The number of pyridine rings is 1. The number of piperazine rings is 1. The fourth-order valence-electron chi connectivity index (χ4n) is 3.39. The van der Waals surface area contributed by atoms with Crippen molar-refractivity contribution < 1.29 is 23.1 Å². The van der Waals surface area contributed by atoms with Crippen LogP contribution in [0.3, 0.4) is 0 Å². The minimum Gasteiger partial charge on any atom is -0.395 e. The SMILES string of the molecule is CC(C)N1CCN2c3ncc(C(F)(F)F)cc3N(CCO)C(=O)[C@@H]2C1. The number of anilines is 2. The first kappa shape index (κ1) is 17.9. The number of carbonyl (C=O) groups excluding carboxylic acids is 1. The third kappa shape index (κ3) is 3.18. The molecule has 9 heteroatoms. The Balaban J connectivity index is 2.03. The van der Waals surface area contributed by atoms with Crippen LogP contribution in [0.1, 0.15) is 19.4 Å². The fourth-order valence-corrected chi connectivity index (χ4v) is 3.39. The molecule has 1 fully saturated rings. The Labute approximate surface area is 143 Å². The van der Waals surface area contributed by atoms with Gasteiger partial charge in [0.15, 0.2) is 5.82 Å². The summed E-state index contributed by atoms with van der Waals surface area (Å²) in [5.41, 5.74) is -0.788. The van der Waals surface area contributed by atoms with E-state index in [1.54, 1.807) is 4.90 Å². The Hall–Kier alpha value is -1.87. The van der Waals surface area contributed by atoms with E-state index in [0.29, 0.717) is 25.5 Å². The Morgan fingerprint density at radius 3 is 2.68 bits per heavy atom. The molecule has 6 nitrogen and oxygen atoms in total. The number of fused-ring (bicyclic) bond motifs is 3. The first-order valence-electron chi connectivity index (χ1n) is 8.24. The molecule has 0 aliphatic carbocycles. The second-order valence-corrected chi connectivity index (χ2v) is 6.58. The number of halogens is 3. The van der Waals surface area contributed by atoms with E-state index in [1.807, 2.05) is 13.8 Å². The number of hydrogen-bond acceptors (Lipinski definition) is 5. The smallest absolute Gasteiger partial charge is 0.395 e. The van der Waals surface area contributed by atoms with Gasteiger partial charge in [0.25, 0.3) is 5.91 Å². The summed E-state index contributed by atoms with van der Waals surface area (Å²) >= 11 is 0. The minimum atomic E-state index is -4.54. The van der Waals surface area contributed by atoms with Gasteiger partial charge < -0.3 is 14.9 Å². The van der Waals surface area contributed by atoms with Gasteiger partial charge in [-0.1, -0.05) is 0 Å². The van der Waals surface area contributed by atoms with Crippen LogP contribution in [0.4, 0.5) is 24.7 Å². The first-order valence-corrected chi connectivity index (χ1v) is 8.24. The molecule has 0 saturated carbocycles. The molecule has 2 aliphatic rings. The normalized spacial score (nSPS) is 21.6. The molecule has 1 aromatic heterocycles. The summed E-state index contributed by atoms with van der Waals surface area (Å²) < 4.78 is 39.1. The zero-order chi connectivity index (χ0) is 18.4. The molecule has 1 atom stereocenters. The number of nitrogens with zero attached hydrogens (tertiary/aromatic N) is 4. The highest BCUT2D eigenvalue weighted by Gasteiger charge is 2.43. The van der Waals surface area contributed by atoms with Gasteiger partial charge in [-0.25, -0.2) is 4.98 Å². The van der Waals surface area contributed by atoms with Crippen LogP contribution in [-0.2, 0) is 11.0 Å². The van der Waals surface area contributed by atoms with Crippen molar-refractivity contribution in [2.24, 2.45) is 0 Å². The lowest BCUT2D eigenvalue weighted by Gasteiger charge is -2.48. The van der Waals surface area contributed by atoms with Crippen molar-refractivity contribution in [2.75, 3.05) is 42.6 Å². The highest BCUT2D eigenvalue weighted by molar-refractivity contribution is 6.05. The number of β-amino-alcohol motifs (C(OH)–C–C–N with tert-alkyl or cyclic N) is 1. The molecule has 0 aromatic carbocycles. The van der Waals surface area contributed by atoms with Gasteiger partial charge >= 0.3 is 6.18 Å². The number of carbonyl (C=O) groups is 1. The van der Waals surface area contributed by atoms with E-state index < -0.39 is 17.8 Å². The molecule has 3 rings (SSSR count). The fraction of sp³-hybridized carbons (Fsp3) is 0.625. The van der Waals surface area contributed by atoms with Crippen LogP contribution in [0.15, 0.2) is 12.3 Å². The molecule has 0 radical (unpaired) electrons. The zero-order valence-electron chi connectivity index (χ0n) is 14.1. The second kappa shape index (κ2) is 6.45. The Morgan fingerprint density at radius 1 is 1.36 bits per heavy atom. The molecule has 138 valence electrons. The molecule has 0 unspecified atom stereocenters. The van der Waals surface area contributed by atoms with Gasteiger partial charge in [0, 0.05) is 38.4 Å². The van der Waals surface area contributed by atoms with Crippen LogP contribution >= 0.6 is 0 Å². The molecule has 1 aromatic rings. The summed E-state index contributed by atoms with van der Waals surface area (Å²) in [4.78, 5) is 22.1. The first-order chi connectivity index (χ1) is 11.7. The summed E-state index contributed by atoms with van der Waals surface area (Å²) in [5, 5.41) is 9.27. The molecule has 1 saturated heterocycles. The van der Waals surface area contributed by atoms with Crippen molar-refractivity contribution >= 4 is 17.4 Å². The summed E-state index contributed by atoms with van der Waals surface area (Å²) in [6.07, 6.45) is -3.74. The molecular formula is C16H21F3N4O2. The maximum Gasteiger partial charge on any atom is 0.417 e. The average Bonchev–Trinajstić information content (AvgIpc) is 2.56. The quantitative estimate of drug-likeness (QED) is 0.884. The lowest BCUT2D eigenvalue weighted by molar-refractivity contribution is -0.138. The lowest BCUT2D eigenvalue weighted by Crippen LogP contribution is -2.64. The number of hydrogen-bond donors (Lipinski definition) is 1. The van der Waals surface area contributed by atoms with E-state index in [0.717, 1.165) is 12.3 Å². The van der Waals surface area contributed by atoms with E-state index in [2.05, 4.69) is 9.88 Å². The van der Waals surface area contributed by atoms with Crippen molar-refractivity contribution in [3.05, 3.63) is 17.8 Å². The molecule has 2 aliphatic heterocycles. The van der Waals surface area contributed by atoms with Gasteiger partial charge in [-0.2, -0.15) is 13.2 Å². The highest BCUT2D eigenvalue weighted by Crippen LogP contribution is 2.39. The average molecular weight is 358 g/mol. The van der Waals surface area contributed by atoms with Crippen LogP contribution < -0.4 is 9.80 Å². The molecular weight excluding hydrogens is 337 g/mol. The highest BCUT2D eigenvalue weighted by atomic mass is 19.4. The van der Waals surface area contributed by atoms with Crippen molar-refractivity contribution in [3.8, 4) is 0 Å². The summed E-state index contributed by atoms with van der Waals surface area (Å²) in [5.74, 6) is 0.0717. The summed E-state index contributed by atoms with van der Waals surface area (Å²) in [6, 6.07) is 0.712. The van der Waals surface area contributed by atoms with Crippen LogP contribution in [0, 0.1) is 0 Å². The van der Waals surface area contributed by atoms with Crippen LogP contribution in [0.25, 0.3) is 0 Å². The Morgan fingerprint density at radius 2 is 2.08 bits per heavy atom. The minimum absolute atomic E-state index is 0.0547. The molecule has 3 heterocycles. The van der Waals surface area contributed by atoms with Crippen LogP contribution in [0.5, 0.6) is 0 Å². The summed E-state index contributed by atoms with van der Waals surface area (Å²) in [6.45, 7) is 5.41. The summed E-state index contributed by atoms with van der Waals surface area (Å²) in [7, 11) is 0. The largest absolute Gasteiger partial charge is 0.417 e. The second-order valence-electron chi connectivity index (χ2n) is 6.58. The van der Waals surface area contributed by atoms with Gasteiger partial charge in [-0.3, -0.25) is 9.69 Å². The van der Waals surface area contributed by atoms with Gasteiger partial charge in [0.1, 0.15) is 6.04 Å². The molecule has 0 bridgehead atoms. The Kier molecular flexibility index (Phi) is 4.63. The van der Waals surface area contributed by atoms with Crippen molar-refractivity contribution in [3.63, 3.8) is 0 Å². The topological polar surface area (TPSA) is 59.9 Å². The maximum absolute atomic E-state index is 13.0. The van der Waals surface area contributed by atoms with Gasteiger partial charge in [0.2, 0.25) is 0 Å². The van der Waals surface area contributed by atoms with E-state index >= 15 is 0 Å². The predicted octanol–water partition coefficient (Wildman–Crippen LogP) is 1.34. The molecule has 0 spiro atoms. The molecule has 1 N–H and O–H groups in total. The molecule has 25 heavy (non-hydrogen) atoms. The van der Waals surface area contributed by atoms with Crippen molar-refractivity contribution in [1.29, 1.82) is 0 Å². The number of alkyl halides is 3. The van der Waals surface area contributed by atoms with E-state index in [1.165, 1.54) is 4.90 Å². The third-order valence-corrected chi connectivity index (χ3v) is 4.75. The zero-order valence-corrected chi connectivity index (χ0v) is 14.1. The maximum atomic E-state index is 13.0. The number of aliphatic hydroxyl groups is 1. The number of aromatic nitrogens is 1.